The molecule has 4 atom stereocenters. The van der Waals surface area contributed by atoms with Crippen LogP contribution in [-0.2, 0) is 28.7 Å². The molecule has 0 aliphatic heterocycles. The number of para-hydroxylation sites is 2. The maximum atomic E-state index is 12.8. The van der Waals surface area contributed by atoms with Crippen LogP contribution in [0.3, 0.4) is 0 Å². The second-order valence-electron chi connectivity index (χ2n) is 14.9. The molecule has 0 saturated carbocycles. The first-order valence-electron chi connectivity index (χ1n) is 17.8. The molecule has 0 saturated heterocycles. The van der Waals surface area contributed by atoms with Gasteiger partial charge in [0.1, 0.15) is 22.5 Å². The second kappa shape index (κ2) is 18.7. The summed E-state index contributed by atoms with van der Waals surface area (Å²) in [5, 5.41) is 31.1. The van der Waals surface area contributed by atoms with Crippen molar-refractivity contribution in [3.63, 3.8) is 0 Å². The van der Waals surface area contributed by atoms with Crippen molar-refractivity contribution >= 4 is 23.3 Å². The van der Waals surface area contributed by atoms with Gasteiger partial charge in [0.15, 0.2) is 11.5 Å². The molecule has 282 valence electrons. The van der Waals surface area contributed by atoms with Gasteiger partial charge in [-0.15, -0.1) is 0 Å². The SMILES string of the molecule is CC(C)(C)OC(=O)N[C@@H](Cc1ccccc1)[C@H](O)CNC[C@@H](O)[C@H](Cc1ccc(OCCCc2nc3ccccc3o2)cc1)NC(=O)OC(C)(C)C. The Labute approximate surface area is 306 Å². The lowest BCUT2D eigenvalue weighted by Gasteiger charge is -2.29. The van der Waals surface area contributed by atoms with Crippen molar-refractivity contribution in [1.29, 1.82) is 0 Å². The first kappa shape index (κ1) is 40.1. The highest BCUT2D eigenvalue weighted by molar-refractivity contribution is 5.72. The number of aromatic nitrogens is 1. The Bertz CT molecular complexity index is 1650. The van der Waals surface area contributed by atoms with E-state index in [1.807, 2.05) is 78.9 Å². The van der Waals surface area contributed by atoms with Crippen molar-refractivity contribution in [2.45, 2.75) is 103 Å². The number of rotatable bonds is 17. The fourth-order valence-corrected chi connectivity index (χ4v) is 5.43. The molecular formula is C40H54N4O8. The molecule has 0 fully saturated rings. The molecule has 0 spiro atoms. The van der Waals surface area contributed by atoms with Gasteiger partial charge in [-0.25, -0.2) is 14.6 Å². The van der Waals surface area contributed by atoms with Gasteiger partial charge in [0, 0.05) is 19.5 Å². The van der Waals surface area contributed by atoms with E-state index in [0.29, 0.717) is 37.5 Å². The molecule has 0 aliphatic rings. The van der Waals surface area contributed by atoms with Crippen molar-refractivity contribution in [2.75, 3.05) is 19.7 Å². The van der Waals surface area contributed by atoms with Crippen molar-refractivity contribution in [2.24, 2.45) is 0 Å². The van der Waals surface area contributed by atoms with Crippen molar-refractivity contribution in [1.82, 2.24) is 20.9 Å². The van der Waals surface area contributed by atoms with E-state index in [1.165, 1.54) is 0 Å². The number of fused-ring (bicyclic) bond motifs is 1. The van der Waals surface area contributed by atoms with E-state index in [4.69, 9.17) is 18.6 Å². The van der Waals surface area contributed by atoms with Crippen LogP contribution in [0.15, 0.2) is 83.3 Å². The van der Waals surface area contributed by atoms with Gasteiger partial charge in [-0.1, -0.05) is 54.6 Å². The second-order valence-corrected chi connectivity index (χ2v) is 14.9. The highest BCUT2D eigenvalue weighted by Crippen LogP contribution is 2.18. The fourth-order valence-electron chi connectivity index (χ4n) is 5.43. The Hall–Kier alpha value is -4.65. The highest BCUT2D eigenvalue weighted by Gasteiger charge is 2.28. The summed E-state index contributed by atoms with van der Waals surface area (Å²) in [5.74, 6) is 1.37. The van der Waals surface area contributed by atoms with Gasteiger partial charge >= 0.3 is 12.2 Å². The number of nitrogens with zero attached hydrogens (tertiary/aromatic N) is 1. The zero-order valence-corrected chi connectivity index (χ0v) is 31.1. The van der Waals surface area contributed by atoms with Gasteiger partial charge in [-0.2, -0.15) is 0 Å². The molecular weight excluding hydrogens is 664 g/mol. The van der Waals surface area contributed by atoms with Crippen LogP contribution in [0.25, 0.3) is 11.1 Å². The lowest BCUT2D eigenvalue weighted by atomic mass is 10.00. The molecule has 5 N–H and O–H groups in total. The molecule has 4 aromatic rings. The van der Waals surface area contributed by atoms with E-state index < -0.39 is 47.7 Å². The minimum absolute atomic E-state index is 0.0449. The zero-order valence-electron chi connectivity index (χ0n) is 31.1. The number of hydrogen-bond acceptors (Lipinski definition) is 10. The fraction of sp³-hybridized carbons (Fsp3) is 0.475. The van der Waals surface area contributed by atoms with E-state index in [-0.39, 0.29) is 13.1 Å². The Kier molecular flexibility index (Phi) is 14.4. The summed E-state index contributed by atoms with van der Waals surface area (Å²) in [4.78, 5) is 29.9. The van der Waals surface area contributed by atoms with Crippen LogP contribution in [0.5, 0.6) is 5.75 Å². The van der Waals surface area contributed by atoms with Gasteiger partial charge < -0.3 is 44.8 Å². The normalized spacial score (nSPS) is 14.2. The van der Waals surface area contributed by atoms with Crippen LogP contribution >= 0.6 is 0 Å². The number of benzene rings is 3. The first-order chi connectivity index (χ1) is 24.6. The molecule has 0 aliphatic carbocycles. The number of carbonyl (C=O) groups excluding carboxylic acids is 2. The predicted octanol–water partition coefficient (Wildman–Crippen LogP) is 5.72. The third kappa shape index (κ3) is 14.2. The molecule has 52 heavy (non-hydrogen) atoms. The summed E-state index contributed by atoms with van der Waals surface area (Å²) in [6.07, 6.45) is -1.29. The average molecular weight is 719 g/mol. The quantitative estimate of drug-likeness (QED) is 0.0853. The maximum absolute atomic E-state index is 12.8. The van der Waals surface area contributed by atoms with Crippen molar-refractivity contribution in [3.8, 4) is 5.75 Å². The summed E-state index contributed by atoms with van der Waals surface area (Å²) in [7, 11) is 0. The average Bonchev–Trinajstić information content (AvgIpc) is 3.48. The number of amides is 2. The summed E-state index contributed by atoms with van der Waals surface area (Å²) >= 11 is 0. The summed E-state index contributed by atoms with van der Waals surface area (Å²) < 4.78 is 22.6. The summed E-state index contributed by atoms with van der Waals surface area (Å²) in [6.45, 7) is 11.2. The van der Waals surface area contributed by atoms with Crippen LogP contribution in [0.4, 0.5) is 9.59 Å². The summed E-state index contributed by atoms with van der Waals surface area (Å²) in [5.41, 5.74) is 1.98. The van der Waals surface area contributed by atoms with Crippen molar-refractivity contribution < 1.29 is 38.4 Å². The smallest absolute Gasteiger partial charge is 0.407 e. The number of aryl methyl sites for hydroxylation is 1. The number of oxazole rings is 1. The van der Waals surface area contributed by atoms with Gasteiger partial charge in [-0.3, -0.25) is 0 Å². The Morgan fingerprint density at radius 3 is 1.79 bits per heavy atom. The maximum Gasteiger partial charge on any atom is 0.407 e. The number of nitrogens with one attached hydrogen (secondary N) is 3. The molecule has 4 rings (SSSR count). The van der Waals surface area contributed by atoms with Gasteiger partial charge in [-0.05, 0) is 96.2 Å². The highest BCUT2D eigenvalue weighted by atomic mass is 16.6. The van der Waals surface area contributed by atoms with Gasteiger partial charge in [0.25, 0.3) is 0 Å². The molecule has 0 unspecified atom stereocenters. The lowest BCUT2D eigenvalue weighted by molar-refractivity contribution is 0.0399. The number of alkyl carbamates (subject to hydrolysis) is 2. The standard InChI is InChI=1S/C40H54N4O8/c1-39(2,3)51-37(47)43-31(23-27-13-8-7-9-14-27)33(45)25-41-26-34(46)32(44-38(48)52-40(4,5)6)24-28-18-20-29(21-19-28)49-22-12-17-36-42-30-15-10-11-16-35(30)50-36/h7-11,13-16,18-21,31-34,41,45-46H,12,17,22-26H2,1-6H3,(H,43,47)(H,44,48)/t31-,32-,33+,34+/m0/s1. The van der Waals surface area contributed by atoms with Gasteiger partial charge in [0.05, 0.1) is 30.9 Å². The van der Waals surface area contributed by atoms with E-state index >= 15 is 0 Å². The zero-order chi connectivity index (χ0) is 37.7. The third-order valence-electron chi connectivity index (χ3n) is 7.86. The van der Waals surface area contributed by atoms with E-state index in [0.717, 1.165) is 28.6 Å². The molecule has 1 heterocycles. The summed E-state index contributed by atoms with van der Waals surface area (Å²) in [6, 6.07) is 23.3. The van der Waals surface area contributed by atoms with E-state index in [9.17, 15) is 19.8 Å². The van der Waals surface area contributed by atoms with Crippen LogP contribution in [0.2, 0.25) is 0 Å². The van der Waals surface area contributed by atoms with E-state index in [2.05, 4.69) is 20.9 Å². The minimum Gasteiger partial charge on any atom is -0.494 e. The third-order valence-corrected chi connectivity index (χ3v) is 7.86. The first-order valence-corrected chi connectivity index (χ1v) is 17.8. The molecule has 12 nitrogen and oxygen atoms in total. The molecule has 0 radical (unpaired) electrons. The molecule has 3 aromatic carbocycles. The predicted molar refractivity (Wildman–Crippen MR) is 199 cm³/mol. The Morgan fingerprint density at radius 1 is 0.731 bits per heavy atom. The number of hydrogen-bond donors (Lipinski definition) is 5. The van der Waals surface area contributed by atoms with Crippen LogP contribution in [0, 0.1) is 0 Å². The van der Waals surface area contributed by atoms with Gasteiger partial charge in [0.2, 0.25) is 0 Å². The minimum atomic E-state index is -1.05. The monoisotopic (exact) mass is 718 g/mol. The van der Waals surface area contributed by atoms with Crippen LogP contribution in [0.1, 0.15) is 65.0 Å². The molecule has 1 aromatic heterocycles. The van der Waals surface area contributed by atoms with Crippen LogP contribution in [-0.4, -0.2) is 82.6 Å². The number of carbonyl (C=O) groups is 2. The largest absolute Gasteiger partial charge is 0.494 e. The topological polar surface area (TPSA) is 164 Å². The van der Waals surface area contributed by atoms with Crippen molar-refractivity contribution in [3.05, 3.63) is 95.9 Å². The Balaban J connectivity index is 1.32. The Morgan fingerprint density at radius 2 is 1.25 bits per heavy atom. The molecule has 12 heteroatoms. The van der Waals surface area contributed by atoms with Crippen LogP contribution < -0.4 is 20.7 Å². The molecule has 0 bridgehead atoms. The number of ether oxygens (including phenoxy) is 3. The number of aliphatic hydroxyl groups excluding tert-OH is 2. The van der Waals surface area contributed by atoms with E-state index in [1.54, 1.807) is 41.5 Å². The lowest BCUT2D eigenvalue weighted by Crippen LogP contribution is -2.53. The molecule has 2 amide bonds. The number of aliphatic hydroxyl groups is 2.